The molecule has 1 saturated carbocycles. The van der Waals surface area contributed by atoms with Crippen LogP contribution >= 0.6 is 0 Å². The molecule has 0 radical (unpaired) electrons. The number of nitrogens with zero attached hydrogens (tertiary/aromatic N) is 2. The minimum absolute atomic E-state index is 0.176. The third-order valence-electron chi connectivity index (χ3n) is 4.78. The first-order valence-electron chi connectivity index (χ1n) is 8.86. The maximum Gasteiger partial charge on any atom is 0.259 e. The largest absolute Gasteiger partial charge is 0.493 e. The van der Waals surface area contributed by atoms with Crippen molar-refractivity contribution in [3.63, 3.8) is 0 Å². The molecular weight excluding hydrogens is 346 g/mol. The average Bonchev–Trinajstić information content (AvgIpc) is 3.48. The standard InChI is InChI=1S/C20H21N3O4/c1-11-18-14(9-15(13-5-6-13)22-20(18)27-23-11)19(24)21-10-12-4-7-16(25-2)17(8-12)26-3/h4,7-9,13H,5-6,10H2,1-3H3,(H,21,24). The SMILES string of the molecule is COc1ccc(CNC(=O)c2cc(C3CC3)nc3onc(C)c23)cc1OC. The van der Waals surface area contributed by atoms with E-state index in [4.69, 9.17) is 14.0 Å². The first-order chi connectivity index (χ1) is 13.1. The van der Waals surface area contributed by atoms with E-state index in [9.17, 15) is 4.79 Å². The summed E-state index contributed by atoms with van der Waals surface area (Å²) in [7, 11) is 3.18. The number of nitrogens with one attached hydrogen (secondary N) is 1. The Bertz CT molecular complexity index is 1010. The Morgan fingerprint density at radius 2 is 2.00 bits per heavy atom. The number of hydrogen-bond acceptors (Lipinski definition) is 6. The molecule has 0 aliphatic heterocycles. The number of hydrogen-bond donors (Lipinski definition) is 1. The van der Waals surface area contributed by atoms with Gasteiger partial charge in [-0.15, -0.1) is 0 Å². The maximum absolute atomic E-state index is 12.9. The van der Waals surface area contributed by atoms with Crippen molar-refractivity contribution in [1.82, 2.24) is 15.5 Å². The summed E-state index contributed by atoms with van der Waals surface area (Å²) in [6.07, 6.45) is 2.19. The maximum atomic E-state index is 12.9. The van der Waals surface area contributed by atoms with E-state index in [2.05, 4.69) is 15.5 Å². The minimum Gasteiger partial charge on any atom is -0.493 e. The Morgan fingerprint density at radius 1 is 1.22 bits per heavy atom. The second kappa shape index (κ2) is 6.90. The van der Waals surface area contributed by atoms with Crippen LogP contribution in [-0.2, 0) is 6.54 Å². The molecule has 2 aromatic heterocycles. The van der Waals surface area contributed by atoms with E-state index in [1.165, 1.54) is 0 Å². The molecule has 7 nitrogen and oxygen atoms in total. The van der Waals surface area contributed by atoms with Crippen molar-refractivity contribution in [3.8, 4) is 11.5 Å². The monoisotopic (exact) mass is 367 g/mol. The van der Waals surface area contributed by atoms with Gasteiger partial charge in [0.05, 0.1) is 30.9 Å². The van der Waals surface area contributed by atoms with E-state index in [-0.39, 0.29) is 5.91 Å². The molecule has 1 aliphatic rings. The number of amides is 1. The smallest absolute Gasteiger partial charge is 0.259 e. The van der Waals surface area contributed by atoms with Gasteiger partial charge in [-0.2, -0.15) is 0 Å². The molecule has 0 saturated heterocycles. The molecule has 3 aromatic rings. The number of pyridine rings is 1. The van der Waals surface area contributed by atoms with Crippen molar-refractivity contribution in [2.24, 2.45) is 0 Å². The van der Waals surface area contributed by atoms with Gasteiger partial charge in [-0.05, 0) is 43.5 Å². The number of carbonyl (C=O) groups is 1. The molecule has 140 valence electrons. The van der Waals surface area contributed by atoms with E-state index < -0.39 is 0 Å². The van der Waals surface area contributed by atoms with Crippen molar-refractivity contribution in [2.45, 2.75) is 32.2 Å². The van der Waals surface area contributed by atoms with E-state index in [1.807, 2.05) is 31.2 Å². The molecule has 1 amide bonds. The van der Waals surface area contributed by atoms with Crippen LogP contribution in [0.3, 0.4) is 0 Å². The zero-order valence-corrected chi connectivity index (χ0v) is 15.5. The van der Waals surface area contributed by atoms with Crippen LogP contribution in [0.5, 0.6) is 11.5 Å². The van der Waals surface area contributed by atoms with Crippen molar-refractivity contribution in [2.75, 3.05) is 14.2 Å². The number of aryl methyl sites for hydroxylation is 1. The van der Waals surface area contributed by atoms with Gasteiger partial charge in [0, 0.05) is 18.2 Å². The number of rotatable bonds is 6. The number of methoxy groups -OCH3 is 2. The van der Waals surface area contributed by atoms with E-state index >= 15 is 0 Å². The van der Waals surface area contributed by atoms with E-state index in [0.29, 0.717) is 46.3 Å². The first kappa shape index (κ1) is 17.3. The molecule has 7 heteroatoms. The first-order valence-corrected chi connectivity index (χ1v) is 8.86. The highest BCUT2D eigenvalue weighted by Crippen LogP contribution is 2.40. The van der Waals surface area contributed by atoms with Gasteiger partial charge in [0.15, 0.2) is 11.5 Å². The fourth-order valence-corrected chi connectivity index (χ4v) is 3.15. The second-order valence-corrected chi connectivity index (χ2v) is 6.69. The molecule has 1 N–H and O–H groups in total. The van der Waals surface area contributed by atoms with Crippen molar-refractivity contribution in [1.29, 1.82) is 0 Å². The quantitative estimate of drug-likeness (QED) is 0.719. The summed E-state index contributed by atoms with van der Waals surface area (Å²) >= 11 is 0. The predicted molar refractivity (Wildman–Crippen MR) is 99.2 cm³/mol. The minimum atomic E-state index is -0.176. The van der Waals surface area contributed by atoms with Crippen molar-refractivity contribution >= 4 is 17.0 Å². The van der Waals surface area contributed by atoms with Crippen LogP contribution in [0.2, 0.25) is 0 Å². The summed E-state index contributed by atoms with van der Waals surface area (Å²) in [5, 5.41) is 7.61. The number of aromatic nitrogens is 2. The number of carbonyl (C=O) groups excluding carboxylic acids is 1. The number of fused-ring (bicyclic) bond motifs is 1. The van der Waals surface area contributed by atoms with E-state index in [1.54, 1.807) is 14.2 Å². The third-order valence-corrected chi connectivity index (χ3v) is 4.78. The topological polar surface area (TPSA) is 86.5 Å². The van der Waals surface area contributed by atoms with Crippen LogP contribution in [0.25, 0.3) is 11.1 Å². The van der Waals surface area contributed by atoms with Gasteiger partial charge < -0.3 is 19.3 Å². The van der Waals surface area contributed by atoms with Gasteiger partial charge in [0.2, 0.25) is 0 Å². The fraction of sp³-hybridized carbons (Fsp3) is 0.350. The Morgan fingerprint density at radius 3 is 2.70 bits per heavy atom. The average molecular weight is 367 g/mol. The molecule has 1 fully saturated rings. The lowest BCUT2D eigenvalue weighted by Crippen LogP contribution is -2.23. The summed E-state index contributed by atoms with van der Waals surface area (Å²) < 4.78 is 15.9. The van der Waals surface area contributed by atoms with Crippen molar-refractivity contribution < 1.29 is 18.8 Å². The lowest BCUT2D eigenvalue weighted by molar-refractivity contribution is 0.0952. The van der Waals surface area contributed by atoms with Gasteiger partial charge in [0.25, 0.3) is 11.6 Å². The summed E-state index contributed by atoms with van der Waals surface area (Å²) in [5.41, 5.74) is 3.45. The number of benzene rings is 1. The molecular formula is C20H21N3O4. The van der Waals surface area contributed by atoms with Crippen molar-refractivity contribution in [3.05, 3.63) is 46.8 Å². The zero-order chi connectivity index (χ0) is 19.0. The second-order valence-electron chi connectivity index (χ2n) is 6.69. The summed E-state index contributed by atoms with van der Waals surface area (Å²) in [4.78, 5) is 17.4. The van der Waals surface area contributed by atoms with Crippen LogP contribution in [0, 0.1) is 6.92 Å². The molecule has 1 aromatic carbocycles. The molecule has 0 atom stereocenters. The molecule has 1 aliphatic carbocycles. The van der Waals surface area contributed by atoms with Gasteiger partial charge in [-0.25, -0.2) is 4.98 Å². The Hall–Kier alpha value is -3.09. The van der Waals surface area contributed by atoms with Crippen LogP contribution < -0.4 is 14.8 Å². The Labute approximate surface area is 156 Å². The zero-order valence-electron chi connectivity index (χ0n) is 15.5. The highest BCUT2D eigenvalue weighted by molar-refractivity contribution is 6.06. The van der Waals surface area contributed by atoms with Gasteiger partial charge in [0.1, 0.15) is 0 Å². The highest BCUT2D eigenvalue weighted by atomic mass is 16.5. The van der Waals surface area contributed by atoms with E-state index in [0.717, 1.165) is 24.1 Å². The van der Waals surface area contributed by atoms with Gasteiger partial charge in [-0.3, -0.25) is 4.79 Å². The summed E-state index contributed by atoms with van der Waals surface area (Å²) in [6, 6.07) is 7.43. The van der Waals surface area contributed by atoms with Crippen LogP contribution in [0.1, 0.15) is 46.1 Å². The summed E-state index contributed by atoms with van der Waals surface area (Å²) in [6.45, 7) is 2.18. The molecule has 0 spiro atoms. The summed E-state index contributed by atoms with van der Waals surface area (Å²) in [5.74, 6) is 1.52. The lowest BCUT2D eigenvalue weighted by Gasteiger charge is -2.11. The fourth-order valence-electron chi connectivity index (χ4n) is 3.15. The van der Waals surface area contributed by atoms with Crippen LogP contribution in [-0.4, -0.2) is 30.3 Å². The highest BCUT2D eigenvalue weighted by Gasteiger charge is 2.28. The van der Waals surface area contributed by atoms with Gasteiger partial charge >= 0.3 is 0 Å². The third kappa shape index (κ3) is 3.32. The molecule has 4 rings (SSSR count). The number of ether oxygens (including phenoxy) is 2. The molecule has 0 bridgehead atoms. The Kier molecular flexibility index (Phi) is 4.43. The molecule has 0 unspecified atom stereocenters. The molecule has 27 heavy (non-hydrogen) atoms. The molecule has 2 heterocycles. The van der Waals surface area contributed by atoms with Crippen LogP contribution in [0.4, 0.5) is 0 Å². The van der Waals surface area contributed by atoms with Crippen LogP contribution in [0.15, 0.2) is 28.8 Å². The normalized spacial score (nSPS) is 13.6. The predicted octanol–water partition coefficient (Wildman–Crippen LogP) is 3.36. The van der Waals surface area contributed by atoms with Gasteiger partial charge in [-0.1, -0.05) is 11.2 Å². The lowest BCUT2D eigenvalue weighted by atomic mass is 10.1. The Balaban J connectivity index is 1.59.